The molecule has 0 heterocycles. The second-order valence-electron chi connectivity index (χ2n) is 4.71. The van der Waals surface area contributed by atoms with Crippen LogP contribution in [0.2, 0.25) is 0 Å². The van der Waals surface area contributed by atoms with Crippen molar-refractivity contribution >= 4 is 15.6 Å². The Morgan fingerprint density at radius 2 is 2.00 bits per heavy atom. The molecule has 0 spiro atoms. The molecule has 0 radical (unpaired) electrons. The van der Waals surface area contributed by atoms with Gasteiger partial charge in [-0.15, -0.1) is 0 Å². The summed E-state index contributed by atoms with van der Waals surface area (Å²) in [6.07, 6.45) is 0.755. The number of benzene rings is 1. The topological polar surface area (TPSA) is 126 Å². The van der Waals surface area contributed by atoms with Crippen LogP contribution in [-0.2, 0) is 14.6 Å². The maximum Gasteiger partial charge on any atom is 0.212 e. The fourth-order valence-corrected chi connectivity index (χ4v) is 3.85. The first kappa shape index (κ1) is 17.2. The third-order valence-electron chi connectivity index (χ3n) is 3.25. The molecule has 0 fully saturated rings. The van der Waals surface area contributed by atoms with Crippen molar-refractivity contribution in [2.24, 2.45) is 16.8 Å². The Kier molecular flexibility index (Phi) is 5.48. The first-order chi connectivity index (χ1) is 9.81. The standard InChI is InChI=1S/C13H18N4O3S/c1-3-7-12(10(2)18)13(14,16-17-15)21(19,20)11-8-5-4-6-9-11/h4-6,8-9,12H,3,7,14H2,1-2H3. The van der Waals surface area contributed by atoms with Crippen LogP contribution < -0.4 is 5.73 Å². The normalized spacial score (nSPS) is 15.6. The summed E-state index contributed by atoms with van der Waals surface area (Å²) in [7, 11) is -4.19. The van der Waals surface area contributed by atoms with Crippen LogP contribution in [0, 0.1) is 5.92 Å². The number of azide groups is 1. The summed E-state index contributed by atoms with van der Waals surface area (Å²) >= 11 is 0. The fourth-order valence-electron chi connectivity index (χ4n) is 2.16. The molecule has 2 N–H and O–H groups in total. The third-order valence-corrected chi connectivity index (χ3v) is 5.37. The zero-order valence-electron chi connectivity index (χ0n) is 11.9. The fraction of sp³-hybridized carbons (Fsp3) is 0.462. The highest BCUT2D eigenvalue weighted by Gasteiger charge is 2.49. The summed E-state index contributed by atoms with van der Waals surface area (Å²) in [6, 6.07) is 7.43. The van der Waals surface area contributed by atoms with E-state index < -0.39 is 26.5 Å². The molecule has 1 aromatic rings. The van der Waals surface area contributed by atoms with E-state index in [1.807, 2.05) is 0 Å². The number of hydrogen-bond donors (Lipinski definition) is 1. The van der Waals surface area contributed by atoms with Crippen LogP contribution in [0.15, 0.2) is 40.3 Å². The molecule has 114 valence electrons. The summed E-state index contributed by atoms with van der Waals surface area (Å²) in [5.41, 5.74) is 14.6. The molecule has 1 aromatic carbocycles. The summed E-state index contributed by atoms with van der Waals surface area (Å²) in [5, 5.41) is 3.29. The summed E-state index contributed by atoms with van der Waals surface area (Å²) < 4.78 is 25.4. The van der Waals surface area contributed by atoms with Gasteiger partial charge in [-0.3, -0.25) is 4.79 Å². The zero-order chi connectivity index (χ0) is 16.1. The summed E-state index contributed by atoms with van der Waals surface area (Å²) in [4.78, 5) is 11.9. The second kappa shape index (κ2) is 6.71. The van der Waals surface area contributed by atoms with Crippen LogP contribution in [0.1, 0.15) is 26.7 Å². The van der Waals surface area contributed by atoms with Gasteiger partial charge >= 0.3 is 0 Å². The molecule has 8 heteroatoms. The smallest absolute Gasteiger partial charge is 0.212 e. The summed E-state index contributed by atoms with van der Waals surface area (Å²) in [6.45, 7) is 3.04. The maximum absolute atomic E-state index is 12.7. The largest absolute Gasteiger partial charge is 0.307 e. The Morgan fingerprint density at radius 3 is 2.43 bits per heavy atom. The SMILES string of the molecule is CCCC(C(C)=O)C(N)(N=[N+]=[N-])S(=O)(=O)c1ccccc1. The van der Waals surface area contributed by atoms with E-state index in [9.17, 15) is 13.2 Å². The molecule has 0 bridgehead atoms. The second-order valence-corrected chi connectivity index (χ2v) is 6.84. The van der Waals surface area contributed by atoms with E-state index in [2.05, 4.69) is 10.0 Å². The Bertz CT molecular complexity index is 653. The lowest BCUT2D eigenvalue weighted by atomic mass is 9.96. The van der Waals surface area contributed by atoms with Gasteiger partial charge in [-0.25, -0.2) is 8.42 Å². The van der Waals surface area contributed by atoms with Crippen molar-refractivity contribution in [1.29, 1.82) is 0 Å². The van der Waals surface area contributed by atoms with Gasteiger partial charge in [-0.05, 0) is 31.0 Å². The monoisotopic (exact) mass is 310 g/mol. The van der Waals surface area contributed by atoms with Gasteiger partial charge in [0, 0.05) is 4.91 Å². The minimum atomic E-state index is -4.19. The molecule has 1 rings (SSSR count). The number of nitrogens with zero attached hydrogens (tertiary/aromatic N) is 3. The van der Waals surface area contributed by atoms with E-state index in [0.29, 0.717) is 6.42 Å². The predicted octanol–water partition coefficient (Wildman–Crippen LogP) is 2.39. The first-order valence-electron chi connectivity index (χ1n) is 6.46. The number of rotatable bonds is 7. The van der Waals surface area contributed by atoms with Crippen LogP contribution in [0.5, 0.6) is 0 Å². The molecular formula is C13H18N4O3S. The third kappa shape index (κ3) is 3.24. The average molecular weight is 310 g/mol. The van der Waals surface area contributed by atoms with Crippen molar-refractivity contribution in [3.63, 3.8) is 0 Å². The molecule has 0 saturated heterocycles. The lowest BCUT2D eigenvalue weighted by Gasteiger charge is -2.31. The van der Waals surface area contributed by atoms with Crippen molar-refractivity contribution in [2.75, 3.05) is 0 Å². The van der Waals surface area contributed by atoms with Crippen molar-refractivity contribution in [2.45, 2.75) is 36.6 Å². The highest BCUT2D eigenvalue weighted by molar-refractivity contribution is 7.92. The van der Waals surface area contributed by atoms with Gasteiger partial charge in [0.1, 0.15) is 5.78 Å². The van der Waals surface area contributed by atoms with E-state index in [-0.39, 0.29) is 11.3 Å². The Hall–Kier alpha value is -1.89. The lowest BCUT2D eigenvalue weighted by Crippen LogP contribution is -2.54. The molecule has 0 aromatic heterocycles. The summed E-state index contributed by atoms with van der Waals surface area (Å²) in [5.74, 6) is -1.52. The highest BCUT2D eigenvalue weighted by atomic mass is 32.2. The Balaban J connectivity index is 3.53. The number of carbonyl (C=O) groups excluding carboxylic acids is 1. The van der Waals surface area contributed by atoms with E-state index >= 15 is 0 Å². The molecule has 21 heavy (non-hydrogen) atoms. The van der Waals surface area contributed by atoms with E-state index in [4.69, 9.17) is 11.3 Å². The van der Waals surface area contributed by atoms with Crippen LogP contribution in [0.3, 0.4) is 0 Å². The van der Waals surface area contributed by atoms with Crippen molar-refractivity contribution in [3.05, 3.63) is 40.8 Å². The van der Waals surface area contributed by atoms with Crippen molar-refractivity contribution in [1.82, 2.24) is 0 Å². The van der Waals surface area contributed by atoms with Crippen molar-refractivity contribution in [3.8, 4) is 0 Å². The molecule has 0 saturated carbocycles. The van der Waals surface area contributed by atoms with Gasteiger partial charge in [0.15, 0.2) is 0 Å². The van der Waals surface area contributed by atoms with Gasteiger partial charge in [-0.2, -0.15) is 0 Å². The van der Waals surface area contributed by atoms with Crippen LogP contribution in [-0.4, -0.2) is 19.2 Å². The molecular weight excluding hydrogens is 292 g/mol. The van der Waals surface area contributed by atoms with Gasteiger partial charge in [-0.1, -0.05) is 36.7 Å². The number of carbonyl (C=O) groups is 1. The molecule has 0 aliphatic heterocycles. The van der Waals surface area contributed by atoms with Crippen LogP contribution in [0.25, 0.3) is 10.4 Å². The number of ketones is 1. The van der Waals surface area contributed by atoms with Gasteiger partial charge in [0.05, 0.1) is 10.8 Å². The molecule has 0 amide bonds. The maximum atomic E-state index is 12.7. The van der Waals surface area contributed by atoms with Gasteiger partial charge in [0.2, 0.25) is 14.8 Å². The predicted molar refractivity (Wildman–Crippen MR) is 78.8 cm³/mol. The highest BCUT2D eigenvalue weighted by Crippen LogP contribution is 2.33. The Labute approximate surface area is 123 Å². The number of hydrogen-bond acceptors (Lipinski definition) is 5. The van der Waals surface area contributed by atoms with E-state index in [1.165, 1.54) is 31.2 Å². The zero-order valence-corrected chi connectivity index (χ0v) is 12.7. The minimum absolute atomic E-state index is 0.0812. The van der Waals surface area contributed by atoms with Crippen LogP contribution in [0.4, 0.5) is 0 Å². The van der Waals surface area contributed by atoms with Crippen LogP contribution >= 0.6 is 0 Å². The van der Waals surface area contributed by atoms with Crippen molar-refractivity contribution < 1.29 is 13.2 Å². The van der Waals surface area contributed by atoms with E-state index in [0.717, 1.165) is 0 Å². The number of sulfone groups is 1. The average Bonchev–Trinajstić information content (AvgIpc) is 2.45. The van der Waals surface area contributed by atoms with Gasteiger partial charge in [0.25, 0.3) is 0 Å². The molecule has 0 aliphatic carbocycles. The molecule has 0 aliphatic rings. The molecule has 7 nitrogen and oxygen atoms in total. The minimum Gasteiger partial charge on any atom is -0.307 e. The first-order valence-corrected chi connectivity index (χ1v) is 7.94. The van der Waals surface area contributed by atoms with E-state index in [1.54, 1.807) is 13.0 Å². The molecule has 2 atom stereocenters. The molecule has 2 unspecified atom stereocenters. The number of Topliss-reactive ketones (excluding diaryl/α,β-unsaturated/α-hetero) is 1. The Morgan fingerprint density at radius 1 is 1.43 bits per heavy atom. The van der Waals surface area contributed by atoms with Gasteiger partial charge < -0.3 is 5.73 Å². The quantitative estimate of drug-likeness (QED) is 0.471. The number of nitrogens with two attached hydrogens (primary N) is 1. The lowest BCUT2D eigenvalue weighted by molar-refractivity contribution is -0.122.